The molecule has 14 unspecified atom stereocenters. The minimum absolute atomic E-state index is 0.00242. The van der Waals surface area contributed by atoms with Gasteiger partial charge in [-0.1, -0.05) is 44.6 Å². The van der Waals surface area contributed by atoms with E-state index in [1.54, 1.807) is 26.8 Å². The number of fused-ring (bicyclic) bond motifs is 3. The maximum atomic E-state index is 14.2. The lowest BCUT2D eigenvalue weighted by molar-refractivity contribution is -0.302. The SMILES string of the molecule is C=CCC1/C=C(/C)CC(C)CC(OC)C2OC(O)(C(=O)C(=O)N3CCCCC3C(=O)OC(/C(C)=C/C3CCC(O)C(O)C3)C(C)C(O)CC1=O)C(C)CC2OC. The molecule has 4 N–H and O–H groups in total. The monoisotopic (exact) mass is 789 g/mol. The maximum absolute atomic E-state index is 14.2. The average Bonchev–Trinajstić information content (AvgIpc) is 3.16. The van der Waals surface area contributed by atoms with Crippen LogP contribution in [0.4, 0.5) is 0 Å². The van der Waals surface area contributed by atoms with Gasteiger partial charge in [0, 0.05) is 44.9 Å². The molecule has 4 aliphatic rings. The lowest BCUT2D eigenvalue weighted by Gasteiger charge is -2.47. The first-order valence-electron chi connectivity index (χ1n) is 20.5. The second-order valence-corrected chi connectivity index (χ2v) is 17.1. The van der Waals surface area contributed by atoms with Crippen molar-refractivity contribution in [1.29, 1.82) is 0 Å². The fraction of sp³-hybridized carbons (Fsp3) is 0.767. The summed E-state index contributed by atoms with van der Waals surface area (Å²) in [7, 11) is 3.04. The zero-order valence-electron chi connectivity index (χ0n) is 34.4. The van der Waals surface area contributed by atoms with Crippen LogP contribution in [-0.2, 0) is 38.1 Å². The summed E-state index contributed by atoms with van der Waals surface area (Å²) in [5, 5.41) is 44.1. The van der Waals surface area contributed by atoms with Gasteiger partial charge < -0.3 is 44.3 Å². The summed E-state index contributed by atoms with van der Waals surface area (Å²) in [6.45, 7) is 13.0. The number of aliphatic hydroxyl groups is 4. The molecule has 3 fully saturated rings. The summed E-state index contributed by atoms with van der Waals surface area (Å²) in [6.07, 6.45) is 3.36. The van der Waals surface area contributed by atoms with Crippen molar-refractivity contribution in [2.24, 2.45) is 29.6 Å². The third-order valence-electron chi connectivity index (χ3n) is 12.6. The molecule has 3 aliphatic heterocycles. The van der Waals surface area contributed by atoms with E-state index >= 15 is 0 Å². The van der Waals surface area contributed by atoms with Crippen molar-refractivity contribution in [1.82, 2.24) is 4.90 Å². The zero-order chi connectivity index (χ0) is 41.5. The van der Waals surface area contributed by atoms with Gasteiger partial charge in [-0.3, -0.25) is 14.4 Å². The van der Waals surface area contributed by atoms with Crippen LogP contribution in [0.15, 0.2) is 36.0 Å². The summed E-state index contributed by atoms with van der Waals surface area (Å²) >= 11 is 0. The van der Waals surface area contributed by atoms with Crippen molar-refractivity contribution in [2.45, 2.75) is 160 Å². The molecule has 13 nitrogen and oxygen atoms in total. The first-order valence-corrected chi connectivity index (χ1v) is 20.5. The van der Waals surface area contributed by atoms with Crippen LogP contribution >= 0.6 is 0 Å². The number of piperidine rings is 1. The van der Waals surface area contributed by atoms with Gasteiger partial charge in [-0.2, -0.15) is 0 Å². The molecular weight excluding hydrogens is 722 g/mol. The lowest BCUT2D eigenvalue weighted by atomic mass is 9.81. The summed E-state index contributed by atoms with van der Waals surface area (Å²) in [5.74, 6) is -8.03. The van der Waals surface area contributed by atoms with Crippen molar-refractivity contribution in [3.63, 3.8) is 0 Å². The fourth-order valence-electron chi connectivity index (χ4n) is 9.19. The molecule has 3 heterocycles. The number of carbonyl (C=O) groups is 4. The quantitative estimate of drug-likeness (QED) is 0.172. The lowest BCUT2D eigenvalue weighted by Crippen LogP contribution is -2.64. The number of cyclic esters (lactones) is 1. The Bertz CT molecular complexity index is 1460. The van der Waals surface area contributed by atoms with E-state index in [1.807, 2.05) is 26.0 Å². The maximum Gasteiger partial charge on any atom is 0.329 e. The van der Waals surface area contributed by atoms with Gasteiger partial charge in [0.25, 0.3) is 11.7 Å². The molecule has 13 heteroatoms. The highest BCUT2D eigenvalue weighted by atomic mass is 16.7. The standard InChI is InChI=1S/C43H67NO12/c1-9-12-30-18-24(2)17-25(3)19-36(53-7)39-37(54-8)21-27(5)43(52,56-39)40(49)41(50)44-16-11-10-13-31(44)42(51)55-38(28(6)33(46)23-34(30)47)26(4)20-29-14-15-32(45)35(48)22-29/h9,18,20,25,27-33,35-39,45-46,48,52H,1,10-17,19,21-23H2,2-8H3/b24-18-,26-20+. The van der Waals surface area contributed by atoms with E-state index in [0.717, 1.165) is 10.5 Å². The predicted octanol–water partition coefficient (Wildman–Crippen LogP) is 3.98. The molecule has 0 spiro atoms. The van der Waals surface area contributed by atoms with Gasteiger partial charge in [0.15, 0.2) is 0 Å². The van der Waals surface area contributed by atoms with Crippen molar-refractivity contribution in [3.8, 4) is 0 Å². The van der Waals surface area contributed by atoms with E-state index in [4.69, 9.17) is 18.9 Å². The molecule has 14 atom stereocenters. The number of rotatable bonds is 6. The molecule has 0 aromatic rings. The largest absolute Gasteiger partial charge is 0.456 e. The van der Waals surface area contributed by atoms with Crippen LogP contribution < -0.4 is 0 Å². The number of methoxy groups -OCH3 is 2. The number of carbonyl (C=O) groups excluding carboxylic acids is 4. The topological polar surface area (TPSA) is 189 Å². The Labute approximate surface area is 332 Å². The number of aliphatic hydroxyl groups excluding tert-OH is 3. The van der Waals surface area contributed by atoms with Crippen LogP contribution in [0.2, 0.25) is 0 Å². The molecule has 1 amide bonds. The van der Waals surface area contributed by atoms with Crippen LogP contribution in [0.1, 0.15) is 105 Å². The van der Waals surface area contributed by atoms with E-state index in [2.05, 4.69) is 6.58 Å². The van der Waals surface area contributed by atoms with Crippen molar-refractivity contribution < 1.29 is 58.6 Å². The number of nitrogens with zero attached hydrogens (tertiary/aromatic N) is 1. The average molecular weight is 790 g/mol. The number of hydrogen-bond donors (Lipinski definition) is 4. The van der Waals surface area contributed by atoms with Gasteiger partial charge in [-0.15, -0.1) is 6.58 Å². The van der Waals surface area contributed by atoms with Crippen LogP contribution in [-0.4, -0.2) is 124 Å². The van der Waals surface area contributed by atoms with Gasteiger partial charge in [0.2, 0.25) is 5.79 Å². The zero-order valence-corrected chi connectivity index (χ0v) is 34.4. The Morgan fingerprint density at radius 2 is 1.62 bits per heavy atom. The molecule has 2 saturated heterocycles. The van der Waals surface area contributed by atoms with E-state index in [1.165, 1.54) is 14.2 Å². The summed E-state index contributed by atoms with van der Waals surface area (Å²) in [5.41, 5.74) is 1.54. The number of ketones is 2. The molecule has 4 rings (SSSR count). The fourth-order valence-corrected chi connectivity index (χ4v) is 9.19. The first kappa shape index (κ1) is 45.9. The normalized spacial score (nSPS) is 41.5. The molecule has 1 saturated carbocycles. The number of ether oxygens (including phenoxy) is 4. The third-order valence-corrected chi connectivity index (χ3v) is 12.6. The summed E-state index contributed by atoms with van der Waals surface area (Å²) in [6, 6.07) is -1.16. The van der Waals surface area contributed by atoms with E-state index < -0.39 is 90.0 Å². The Morgan fingerprint density at radius 1 is 0.946 bits per heavy atom. The smallest absolute Gasteiger partial charge is 0.329 e. The molecule has 56 heavy (non-hydrogen) atoms. The minimum Gasteiger partial charge on any atom is -0.456 e. The number of allylic oxidation sites excluding steroid dienone is 4. The van der Waals surface area contributed by atoms with Gasteiger partial charge >= 0.3 is 5.97 Å². The van der Waals surface area contributed by atoms with Crippen molar-refractivity contribution >= 4 is 23.4 Å². The summed E-state index contributed by atoms with van der Waals surface area (Å²) < 4.78 is 24.1. The predicted molar refractivity (Wildman–Crippen MR) is 208 cm³/mol. The van der Waals surface area contributed by atoms with E-state index in [-0.39, 0.29) is 43.4 Å². The highest BCUT2D eigenvalue weighted by molar-refractivity contribution is 6.39. The molecule has 316 valence electrons. The van der Waals surface area contributed by atoms with E-state index in [0.29, 0.717) is 56.9 Å². The Kier molecular flexibility index (Phi) is 16.6. The Hall–Kier alpha value is -2.78. The molecule has 2 bridgehead atoms. The van der Waals surface area contributed by atoms with Crippen molar-refractivity contribution in [3.05, 3.63) is 36.0 Å². The molecular formula is C43H67NO12. The van der Waals surface area contributed by atoms with Crippen LogP contribution in [0.5, 0.6) is 0 Å². The highest BCUT2D eigenvalue weighted by Crippen LogP contribution is 2.39. The third kappa shape index (κ3) is 10.8. The second-order valence-electron chi connectivity index (χ2n) is 17.1. The Balaban J connectivity index is 1.78. The highest BCUT2D eigenvalue weighted by Gasteiger charge is 2.56. The first-order chi connectivity index (χ1) is 26.4. The van der Waals surface area contributed by atoms with Crippen LogP contribution in [0.3, 0.4) is 0 Å². The van der Waals surface area contributed by atoms with Gasteiger partial charge in [-0.25, -0.2) is 4.79 Å². The second kappa shape index (κ2) is 20.3. The van der Waals surface area contributed by atoms with Gasteiger partial charge in [0.1, 0.15) is 24.0 Å². The molecule has 0 aromatic heterocycles. The Morgan fingerprint density at radius 3 is 2.27 bits per heavy atom. The van der Waals surface area contributed by atoms with Gasteiger partial charge in [0.05, 0.1) is 30.5 Å². The minimum atomic E-state index is -2.52. The number of Topliss-reactive ketones (excluding diaryl/α,β-unsaturated/α-hetero) is 2. The van der Waals surface area contributed by atoms with Crippen LogP contribution in [0, 0.1) is 29.6 Å². The molecule has 0 radical (unpaired) electrons. The number of esters is 1. The number of hydrogen-bond acceptors (Lipinski definition) is 12. The summed E-state index contributed by atoms with van der Waals surface area (Å²) in [4.78, 5) is 57.6. The van der Waals surface area contributed by atoms with E-state index in [9.17, 15) is 39.6 Å². The number of amides is 1. The molecule has 1 aliphatic carbocycles. The molecule has 0 aromatic carbocycles. The van der Waals surface area contributed by atoms with Gasteiger partial charge in [-0.05, 0) is 95.5 Å². The van der Waals surface area contributed by atoms with Crippen LogP contribution in [0.25, 0.3) is 0 Å². The van der Waals surface area contributed by atoms with Crippen molar-refractivity contribution in [2.75, 3.05) is 20.8 Å².